The summed E-state index contributed by atoms with van der Waals surface area (Å²) >= 11 is 0. The molecule has 5 heteroatoms. The Morgan fingerprint density at radius 2 is 2.13 bits per heavy atom. The maximum atomic E-state index is 10.3. The molecule has 0 saturated carbocycles. The first-order valence-electron chi connectivity index (χ1n) is 4.45. The Hall–Kier alpha value is -1.59. The van der Waals surface area contributed by atoms with Crippen molar-refractivity contribution in [1.29, 1.82) is 0 Å². The zero-order valence-electron chi connectivity index (χ0n) is 8.09. The molecular weight excluding hydrogens is 198 g/mol. The number of aliphatic carboxylic acids is 1. The highest BCUT2D eigenvalue weighted by Gasteiger charge is 2.11. The average molecular weight is 211 g/mol. The number of carbonyl (C=O) groups is 1. The lowest BCUT2D eigenvalue weighted by molar-refractivity contribution is -0.139. The Bertz CT molecular complexity index is 340. The van der Waals surface area contributed by atoms with E-state index in [9.17, 15) is 4.79 Å². The van der Waals surface area contributed by atoms with Gasteiger partial charge in [0, 0.05) is 5.56 Å². The third-order valence-corrected chi connectivity index (χ3v) is 1.87. The average Bonchev–Trinajstić information content (AvgIpc) is 2.25. The van der Waals surface area contributed by atoms with Crippen LogP contribution in [0.4, 0.5) is 0 Å². The summed E-state index contributed by atoms with van der Waals surface area (Å²) in [6, 6.07) is 6.21. The fraction of sp³-hybridized carbons (Fsp3) is 0.300. The van der Waals surface area contributed by atoms with Gasteiger partial charge in [-0.05, 0) is 6.07 Å². The fourth-order valence-corrected chi connectivity index (χ4v) is 1.16. The summed E-state index contributed by atoms with van der Waals surface area (Å²) in [6.45, 7) is -0.636. The van der Waals surface area contributed by atoms with Crippen molar-refractivity contribution in [3.8, 4) is 5.75 Å². The second-order valence-corrected chi connectivity index (χ2v) is 3.01. The minimum Gasteiger partial charge on any atom is -0.482 e. The first kappa shape index (κ1) is 11.5. The molecule has 1 rings (SSSR count). The minimum atomic E-state index is -1.05. The number of ether oxygens (including phenoxy) is 1. The quantitative estimate of drug-likeness (QED) is 0.644. The number of carboxylic acids is 1. The molecule has 1 atom stereocenters. The summed E-state index contributed by atoms with van der Waals surface area (Å²) in [5, 5.41) is 17.3. The lowest BCUT2D eigenvalue weighted by atomic mass is 10.1. The maximum absolute atomic E-state index is 10.3. The van der Waals surface area contributed by atoms with Crippen molar-refractivity contribution in [3.63, 3.8) is 0 Å². The lowest BCUT2D eigenvalue weighted by Crippen LogP contribution is -2.17. The van der Waals surface area contributed by atoms with E-state index in [0.29, 0.717) is 11.3 Å². The first-order valence-corrected chi connectivity index (χ1v) is 4.45. The van der Waals surface area contributed by atoms with E-state index in [1.807, 2.05) is 0 Å². The van der Waals surface area contributed by atoms with E-state index in [1.54, 1.807) is 24.3 Å². The van der Waals surface area contributed by atoms with Gasteiger partial charge in [-0.1, -0.05) is 18.2 Å². The Labute approximate surface area is 87.1 Å². The molecule has 1 aromatic rings. The molecule has 5 nitrogen and oxygen atoms in total. The van der Waals surface area contributed by atoms with Gasteiger partial charge in [-0.3, -0.25) is 0 Å². The van der Waals surface area contributed by atoms with E-state index < -0.39 is 18.6 Å². The van der Waals surface area contributed by atoms with Gasteiger partial charge in [-0.15, -0.1) is 0 Å². The van der Waals surface area contributed by atoms with Gasteiger partial charge in [0.1, 0.15) is 5.75 Å². The predicted molar refractivity (Wildman–Crippen MR) is 53.6 cm³/mol. The number of aliphatic hydroxyl groups excluding tert-OH is 1. The van der Waals surface area contributed by atoms with Crippen molar-refractivity contribution >= 4 is 5.97 Å². The van der Waals surface area contributed by atoms with Gasteiger partial charge < -0.3 is 20.7 Å². The molecule has 0 saturated heterocycles. The SMILES string of the molecule is N[C@@H](CO)c1ccccc1OCC(=O)O. The molecule has 15 heavy (non-hydrogen) atoms. The van der Waals surface area contributed by atoms with Crippen LogP contribution in [0.25, 0.3) is 0 Å². The van der Waals surface area contributed by atoms with Crippen LogP contribution in [-0.2, 0) is 4.79 Å². The van der Waals surface area contributed by atoms with Crippen molar-refractivity contribution in [2.75, 3.05) is 13.2 Å². The standard InChI is InChI=1S/C10H13NO4/c11-8(5-12)7-3-1-2-4-9(7)15-6-10(13)14/h1-4,8,12H,5-6,11H2,(H,13,14)/t8-/m0/s1. The molecule has 0 spiro atoms. The van der Waals surface area contributed by atoms with E-state index in [-0.39, 0.29) is 6.61 Å². The monoisotopic (exact) mass is 211 g/mol. The number of nitrogens with two attached hydrogens (primary N) is 1. The number of benzene rings is 1. The highest BCUT2D eigenvalue weighted by molar-refractivity contribution is 5.68. The molecule has 0 aliphatic carbocycles. The molecule has 0 bridgehead atoms. The molecule has 0 radical (unpaired) electrons. The third kappa shape index (κ3) is 3.23. The van der Waals surface area contributed by atoms with Crippen LogP contribution < -0.4 is 10.5 Å². The van der Waals surface area contributed by atoms with Gasteiger partial charge >= 0.3 is 5.97 Å². The minimum absolute atomic E-state index is 0.215. The van der Waals surface area contributed by atoms with Crippen LogP contribution in [-0.4, -0.2) is 29.4 Å². The molecule has 0 aliphatic rings. The highest BCUT2D eigenvalue weighted by Crippen LogP contribution is 2.23. The summed E-state index contributed by atoms with van der Waals surface area (Å²) in [4.78, 5) is 10.3. The van der Waals surface area contributed by atoms with Gasteiger partial charge in [0.05, 0.1) is 12.6 Å². The van der Waals surface area contributed by atoms with Crippen LogP contribution in [0.1, 0.15) is 11.6 Å². The summed E-state index contributed by atoms with van der Waals surface area (Å²) in [5.41, 5.74) is 6.22. The van der Waals surface area contributed by atoms with Crippen LogP contribution >= 0.6 is 0 Å². The van der Waals surface area contributed by atoms with Crippen LogP contribution in [0.15, 0.2) is 24.3 Å². The van der Waals surface area contributed by atoms with Crippen molar-refractivity contribution in [3.05, 3.63) is 29.8 Å². The number of aliphatic hydroxyl groups is 1. The number of para-hydroxylation sites is 1. The Kier molecular flexibility index (Phi) is 4.08. The second-order valence-electron chi connectivity index (χ2n) is 3.01. The normalized spacial score (nSPS) is 12.1. The second kappa shape index (κ2) is 5.33. The number of carboxylic acid groups (broad SMARTS) is 1. The van der Waals surface area contributed by atoms with E-state index in [0.717, 1.165) is 0 Å². The summed E-state index contributed by atoms with van der Waals surface area (Å²) in [7, 11) is 0. The van der Waals surface area contributed by atoms with Gasteiger partial charge in [0.2, 0.25) is 0 Å². The molecule has 0 unspecified atom stereocenters. The van der Waals surface area contributed by atoms with E-state index in [1.165, 1.54) is 0 Å². The van der Waals surface area contributed by atoms with Crippen LogP contribution in [0.3, 0.4) is 0 Å². The Morgan fingerprint density at radius 3 is 2.73 bits per heavy atom. The molecule has 0 amide bonds. The highest BCUT2D eigenvalue weighted by atomic mass is 16.5. The summed E-state index contributed by atoms with van der Waals surface area (Å²) < 4.78 is 5.03. The van der Waals surface area contributed by atoms with Crippen molar-refractivity contribution < 1.29 is 19.7 Å². The van der Waals surface area contributed by atoms with Crippen LogP contribution in [0, 0.1) is 0 Å². The zero-order chi connectivity index (χ0) is 11.3. The molecule has 0 heterocycles. The number of hydrogen-bond donors (Lipinski definition) is 3. The molecule has 0 aliphatic heterocycles. The van der Waals surface area contributed by atoms with E-state index in [2.05, 4.69) is 0 Å². The summed E-state index contributed by atoms with van der Waals surface area (Å²) in [6.07, 6.45) is 0. The molecule has 1 aromatic carbocycles. The van der Waals surface area contributed by atoms with Crippen LogP contribution in [0.5, 0.6) is 5.75 Å². The van der Waals surface area contributed by atoms with Gasteiger partial charge in [-0.25, -0.2) is 4.79 Å². The number of rotatable bonds is 5. The largest absolute Gasteiger partial charge is 0.482 e. The van der Waals surface area contributed by atoms with Crippen molar-refractivity contribution in [2.24, 2.45) is 5.73 Å². The molecule has 0 aromatic heterocycles. The van der Waals surface area contributed by atoms with E-state index in [4.69, 9.17) is 20.7 Å². The number of hydrogen-bond acceptors (Lipinski definition) is 4. The molecular formula is C10H13NO4. The smallest absolute Gasteiger partial charge is 0.341 e. The first-order chi connectivity index (χ1) is 7.15. The summed E-state index contributed by atoms with van der Waals surface area (Å²) in [5.74, 6) is -0.663. The lowest BCUT2D eigenvalue weighted by Gasteiger charge is -2.13. The molecule has 0 fully saturated rings. The maximum Gasteiger partial charge on any atom is 0.341 e. The van der Waals surface area contributed by atoms with Gasteiger partial charge in [-0.2, -0.15) is 0 Å². The molecule has 82 valence electrons. The van der Waals surface area contributed by atoms with Crippen LogP contribution in [0.2, 0.25) is 0 Å². The van der Waals surface area contributed by atoms with Crippen molar-refractivity contribution in [2.45, 2.75) is 6.04 Å². The topological polar surface area (TPSA) is 92.8 Å². The van der Waals surface area contributed by atoms with Gasteiger partial charge in [0.15, 0.2) is 6.61 Å². The molecule has 4 N–H and O–H groups in total. The van der Waals surface area contributed by atoms with E-state index >= 15 is 0 Å². The predicted octanol–water partition coefficient (Wildman–Crippen LogP) is 0.142. The van der Waals surface area contributed by atoms with Crippen molar-refractivity contribution in [1.82, 2.24) is 0 Å². The Morgan fingerprint density at radius 1 is 1.47 bits per heavy atom. The fourth-order valence-electron chi connectivity index (χ4n) is 1.16. The van der Waals surface area contributed by atoms with Gasteiger partial charge in [0.25, 0.3) is 0 Å². The Balaban J connectivity index is 2.81. The zero-order valence-corrected chi connectivity index (χ0v) is 8.09. The third-order valence-electron chi connectivity index (χ3n) is 1.87.